The van der Waals surface area contributed by atoms with Crippen LogP contribution in [0.4, 0.5) is 0 Å². The van der Waals surface area contributed by atoms with E-state index in [0.29, 0.717) is 6.04 Å². The van der Waals surface area contributed by atoms with Crippen LogP contribution < -0.4 is 5.73 Å². The Hall–Kier alpha value is -0.160. The molecule has 1 saturated heterocycles. The Balaban J connectivity index is 1.58. The summed E-state index contributed by atoms with van der Waals surface area (Å²) in [6, 6.07) is 0.487. The summed E-state index contributed by atoms with van der Waals surface area (Å²) in [5.74, 6) is 0.798. The number of hydrogen-bond donors (Lipinski definition) is 1. The fraction of sp³-hybridized carbons (Fsp3) is 1.00. The van der Waals surface area contributed by atoms with Crippen molar-refractivity contribution >= 4 is 0 Å². The average molecular weight is 268 g/mol. The summed E-state index contributed by atoms with van der Waals surface area (Å²) in [6.07, 6.45) is 5.29. The third kappa shape index (κ3) is 5.03. The van der Waals surface area contributed by atoms with Gasteiger partial charge in [0.2, 0.25) is 0 Å². The molecule has 0 bridgehead atoms. The predicted octanol–water partition coefficient (Wildman–Crippen LogP) is 0.683. The Morgan fingerprint density at radius 3 is 2.16 bits per heavy atom. The molecule has 4 nitrogen and oxygen atoms in total. The smallest absolute Gasteiger partial charge is 0.0110 e. The molecule has 1 aliphatic carbocycles. The van der Waals surface area contributed by atoms with Crippen molar-refractivity contribution in [3.63, 3.8) is 0 Å². The van der Waals surface area contributed by atoms with E-state index in [-0.39, 0.29) is 0 Å². The van der Waals surface area contributed by atoms with Gasteiger partial charge in [-0.1, -0.05) is 6.42 Å². The van der Waals surface area contributed by atoms with Gasteiger partial charge in [0.1, 0.15) is 0 Å². The van der Waals surface area contributed by atoms with E-state index < -0.39 is 0 Å². The number of piperazine rings is 1. The lowest BCUT2D eigenvalue weighted by molar-refractivity contribution is 0.119. The predicted molar refractivity (Wildman–Crippen MR) is 81.4 cm³/mol. The van der Waals surface area contributed by atoms with Crippen molar-refractivity contribution in [3.05, 3.63) is 0 Å². The Morgan fingerprint density at radius 1 is 1.00 bits per heavy atom. The molecule has 4 heteroatoms. The first-order valence-corrected chi connectivity index (χ1v) is 8.00. The molecule has 2 unspecified atom stereocenters. The van der Waals surface area contributed by atoms with Crippen LogP contribution in [0.25, 0.3) is 0 Å². The van der Waals surface area contributed by atoms with Gasteiger partial charge >= 0.3 is 0 Å². The number of nitrogens with two attached hydrogens (primary N) is 1. The normalized spacial score (nSPS) is 30.3. The van der Waals surface area contributed by atoms with E-state index in [4.69, 9.17) is 5.73 Å². The Bertz CT molecular complexity index is 249. The van der Waals surface area contributed by atoms with E-state index in [2.05, 4.69) is 28.8 Å². The monoisotopic (exact) mass is 268 g/mol. The van der Waals surface area contributed by atoms with Crippen molar-refractivity contribution in [3.8, 4) is 0 Å². The number of likely N-dealkylation sites (N-methyl/N-ethyl adjacent to an activating group) is 1. The Kier molecular flexibility index (Phi) is 6.07. The molecule has 0 amide bonds. The van der Waals surface area contributed by atoms with Gasteiger partial charge in [-0.05, 0) is 45.8 Å². The van der Waals surface area contributed by atoms with Crippen molar-refractivity contribution in [1.29, 1.82) is 0 Å². The second-order valence-electron chi connectivity index (χ2n) is 6.63. The van der Waals surface area contributed by atoms with Crippen LogP contribution in [0.5, 0.6) is 0 Å². The van der Waals surface area contributed by atoms with E-state index in [1.54, 1.807) is 0 Å². The molecule has 1 heterocycles. The molecule has 0 spiro atoms. The summed E-state index contributed by atoms with van der Waals surface area (Å²) in [4.78, 5) is 7.50. The van der Waals surface area contributed by atoms with Crippen LogP contribution in [-0.4, -0.2) is 80.7 Å². The van der Waals surface area contributed by atoms with Gasteiger partial charge in [0.15, 0.2) is 0 Å². The van der Waals surface area contributed by atoms with Gasteiger partial charge in [0.05, 0.1) is 0 Å². The highest BCUT2D eigenvalue weighted by Crippen LogP contribution is 2.27. The standard InChI is InChI=1S/C15H32N4/c1-17(2)8-9-19-12-10-18(11-13-19)7-6-14-4-3-5-15(14)16/h14-15H,3-13,16H2,1-2H3. The van der Waals surface area contributed by atoms with Crippen molar-refractivity contribution in [2.75, 3.05) is 59.9 Å². The summed E-state index contributed by atoms with van der Waals surface area (Å²) >= 11 is 0. The summed E-state index contributed by atoms with van der Waals surface area (Å²) < 4.78 is 0. The summed E-state index contributed by atoms with van der Waals surface area (Å²) in [6.45, 7) is 8.63. The van der Waals surface area contributed by atoms with Gasteiger partial charge in [-0.25, -0.2) is 0 Å². The fourth-order valence-corrected chi connectivity index (χ4v) is 3.35. The molecule has 0 aromatic rings. The maximum Gasteiger partial charge on any atom is 0.0110 e. The SMILES string of the molecule is CN(C)CCN1CCN(CCC2CCCC2N)CC1. The van der Waals surface area contributed by atoms with Gasteiger partial charge in [0, 0.05) is 45.3 Å². The second kappa shape index (κ2) is 7.58. The summed E-state index contributed by atoms with van der Waals surface area (Å²) in [5, 5.41) is 0. The summed E-state index contributed by atoms with van der Waals surface area (Å²) in [7, 11) is 4.31. The quantitative estimate of drug-likeness (QED) is 0.769. The van der Waals surface area contributed by atoms with Crippen LogP contribution in [0.15, 0.2) is 0 Å². The van der Waals surface area contributed by atoms with Gasteiger partial charge in [-0.2, -0.15) is 0 Å². The molecule has 19 heavy (non-hydrogen) atoms. The van der Waals surface area contributed by atoms with Crippen LogP contribution in [-0.2, 0) is 0 Å². The maximum atomic E-state index is 6.15. The molecule has 2 atom stereocenters. The van der Waals surface area contributed by atoms with E-state index in [9.17, 15) is 0 Å². The molecular formula is C15H32N4. The molecule has 0 aromatic heterocycles. The van der Waals surface area contributed by atoms with E-state index in [1.165, 1.54) is 71.5 Å². The highest BCUT2D eigenvalue weighted by molar-refractivity contribution is 4.82. The average Bonchev–Trinajstić information content (AvgIpc) is 2.81. The number of rotatable bonds is 6. The zero-order valence-electron chi connectivity index (χ0n) is 12.9. The number of hydrogen-bond acceptors (Lipinski definition) is 4. The first kappa shape index (κ1) is 15.2. The van der Waals surface area contributed by atoms with E-state index in [1.807, 2.05) is 0 Å². The first-order chi connectivity index (χ1) is 9.15. The second-order valence-corrected chi connectivity index (χ2v) is 6.63. The third-order valence-electron chi connectivity index (χ3n) is 4.86. The van der Waals surface area contributed by atoms with Crippen LogP contribution in [0.1, 0.15) is 25.7 Å². The first-order valence-electron chi connectivity index (χ1n) is 8.00. The fourth-order valence-electron chi connectivity index (χ4n) is 3.35. The Labute approximate surface area is 118 Å². The summed E-state index contributed by atoms with van der Waals surface area (Å²) in [5.41, 5.74) is 6.15. The zero-order valence-corrected chi connectivity index (χ0v) is 12.9. The minimum Gasteiger partial charge on any atom is -0.327 e. The highest BCUT2D eigenvalue weighted by atomic mass is 15.3. The van der Waals surface area contributed by atoms with Crippen molar-refractivity contribution in [2.24, 2.45) is 11.7 Å². The molecule has 0 aromatic carbocycles. The minimum absolute atomic E-state index is 0.487. The lowest BCUT2D eigenvalue weighted by Crippen LogP contribution is -2.48. The van der Waals surface area contributed by atoms with E-state index in [0.717, 1.165) is 5.92 Å². The lowest BCUT2D eigenvalue weighted by Gasteiger charge is -2.35. The molecular weight excluding hydrogens is 236 g/mol. The molecule has 2 N–H and O–H groups in total. The van der Waals surface area contributed by atoms with E-state index >= 15 is 0 Å². The van der Waals surface area contributed by atoms with Gasteiger partial charge in [0.25, 0.3) is 0 Å². The zero-order chi connectivity index (χ0) is 13.7. The maximum absolute atomic E-state index is 6.15. The van der Waals surface area contributed by atoms with Crippen molar-refractivity contribution in [2.45, 2.75) is 31.7 Å². The van der Waals surface area contributed by atoms with Crippen LogP contribution in [0.3, 0.4) is 0 Å². The van der Waals surface area contributed by atoms with Crippen LogP contribution >= 0.6 is 0 Å². The Morgan fingerprint density at radius 2 is 1.63 bits per heavy atom. The molecule has 112 valence electrons. The molecule has 0 radical (unpaired) electrons. The lowest BCUT2D eigenvalue weighted by atomic mass is 10.00. The molecule has 2 rings (SSSR count). The topological polar surface area (TPSA) is 35.7 Å². The minimum atomic E-state index is 0.487. The molecule has 1 aliphatic heterocycles. The van der Waals surface area contributed by atoms with Crippen molar-refractivity contribution in [1.82, 2.24) is 14.7 Å². The molecule has 2 fully saturated rings. The van der Waals surface area contributed by atoms with Crippen molar-refractivity contribution < 1.29 is 0 Å². The van der Waals surface area contributed by atoms with Crippen LogP contribution in [0.2, 0.25) is 0 Å². The third-order valence-corrected chi connectivity index (χ3v) is 4.86. The molecule has 1 saturated carbocycles. The van der Waals surface area contributed by atoms with Gasteiger partial charge < -0.3 is 15.5 Å². The molecule has 2 aliphatic rings. The highest BCUT2D eigenvalue weighted by Gasteiger charge is 2.25. The number of nitrogens with zero attached hydrogens (tertiary/aromatic N) is 3. The van der Waals surface area contributed by atoms with Gasteiger partial charge in [-0.15, -0.1) is 0 Å². The van der Waals surface area contributed by atoms with Crippen LogP contribution in [0, 0.1) is 5.92 Å². The largest absolute Gasteiger partial charge is 0.327 e. The van der Waals surface area contributed by atoms with Gasteiger partial charge in [-0.3, -0.25) is 4.90 Å².